The number of carbonyl (C=O) groups excluding carboxylic acids is 2. The first kappa shape index (κ1) is 18.7. The van der Waals surface area contributed by atoms with Crippen LogP contribution in [0.15, 0.2) is 24.3 Å². The Balaban J connectivity index is 1.37. The number of nitrogens with two attached hydrogens (primary N) is 1. The van der Waals surface area contributed by atoms with Crippen molar-refractivity contribution in [2.75, 3.05) is 13.2 Å². The predicted molar refractivity (Wildman–Crippen MR) is 99.8 cm³/mol. The summed E-state index contributed by atoms with van der Waals surface area (Å²) in [5.41, 5.74) is 6.66. The Morgan fingerprint density at radius 2 is 1.81 bits per heavy atom. The summed E-state index contributed by atoms with van der Waals surface area (Å²) in [6.45, 7) is 0.617. The van der Waals surface area contributed by atoms with Crippen LogP contribution in [0.3, 0.4) is 0 Å². The Kier molecular flexibility index (Phi) is 6.14. The van der Waals surface area contributed by atoms with Gasteiger partial charge in [-0.25, -0.2) is 0 Å². The van der Waals surface area contributed by atoms with Crippen LogP contribution in [-0.4, -0.2) is 36.5 Å². The fourth-order valence-electron chi connectivity index (χ4n) is 3.30. The molecule has 0 atom stereocenters. The summed E-state index contributed by atoms with van der Waals surface area (Å²) in [6.07, 6.45) is 7.67. The second-order valence-electron chi connectivity index (χ2n) is 7.50. The molecule has 0 saturated heterocycles. The molecule has 142 valence electrons. The first-order chi connectivity index (χ1) is 12.5. The van der Waals surface area contributed by atoms with E-state index in [0.29, 0.717) is 18.3 Å². The summed E-state index contributed by atoms with van der Waals surface area (Å²) in [6, 6.07) is 7.98. The van der Waals surface area contributed by atoms with Gasteiger partial charge in [-0.2, -0.15) is 0 Å². The average Bonchev–Trinajstić information content (AvgIpc) is 3.45. The molecule has 0 spiro atoms. The van der Waals surface area contributed by atoms with Crippen LogP contribution < -0.4 is 21.1 Å². The molecule has 6 heteroatoms. The van der Waals surface area contributed by atoms with E-state index in [9.17, 15) is 9.59 Å². The molecule has 2 fully saturated rings. The SMILES string of the molecule is NC1(C(=O)NCCc2ccc(OCC(=O)NC3CC3)cc2)CCCCC1. The third-order valence-corrected chi connectivity index (χ3v) is 5.13. The summed E-state index contributed by atoms with van der Waals surface area (Å²) in [5, 5.41) is 5.86. The summed E-state index contributed by atoms with van der Waals surface area (Å²) < 4.78 is 5.49. The zero-order valence-corrected chi connectivity index (χ0v) is 15.3. The first-order valence-corrected chi connectivity index (χ1v) is 9.63. The van der Waals surface area contributed by atoms with E-state index in [1.54, 1.807) is 0 Å². The molecule has 4 N–H and O–H groups in total. The van der Waals surface area contributed by atoms with Crippen molar-refractivity contribution in [1.82, 2.24) is 10.6 Å². The topological polar surface area (TPSA) is 93.5 Å². The molecule has 0 aromatic heterocycles. The Labute approximate surface area is 154 Å². The molecular weight excluding hydrogens is 330 g/mol. The highest BCUT2D eigenvalue weighted by molar-refractivity contribution is 5.86. The lowest BCUT2D eigenvalue weighted by molar-refractivity contribution is -0.127. The molecule has 0 aliphatic heterocycles. The zero-order chi connectivity index (χ0) is 18.4. The van der Waals surface area contributed by atoms with E-state index < -0.39 is 5.54 Å². The fourth-order valence-corrected chi connectivity index (χ4v) is 3.30. The maximum Gasteiger partial charge on any atom is 0.258 e. The molecule has 2 amide bonds. The number of nitrogens with one attached hydrogen (secondary N) is 2. The van der Waals surface area contributed by atoms with Gasteiger partial charge >= 0.3 is 0 Å². The molecule has 3 rings (SSSR count). The van der Waals surface area contributed by atoms with Crippen LogP contribution in [0.5, 0.6) is 5.75 Å². The van der Waals surface area contributed by atoms with Crippen LogP contribution in [-0.2, 0) is 16.0 Å². The van der Waals surface area contributed by atoms with Crippen molar-refractivity contribution in [3.8, 4) is 5.75 Å². The normalized spacial score (nSPS) is 18.8. The van der Waals surface area contributed by atoms with Gasteiger partial charge in [0.05, 0.1) is 5.54 Å². The van der Waals surface area contributed by atoms with Crippen molar-refractivity contribution >= 4 is 11.8 Å². The zero-order valence-electron chi connectivity index (χ0n) is 15.3. The number of carbonyl (C=O) groups is 2. The van der Waals surface area contributed by atoms with E-state index in [1.165, 1.54) is 6.42 Å². The third-order valence-electron chi connectivity index (χ3n) is 5.13. The molecular formula is C20H29N3O3. The minimum absolute atomic E-state index is 0.0289. The second kappa shape index (κ2) is 8.54. The van der Waals surface area contributed by atoms with E-state index >= 15 is 0 Å². The van der Waals surface area contributed by atoms with Gasteiger partial charge in [0.2, 0.25) is 5.91 Å². The summed E-state index contributed by atoms with van der Waals surface area (Å²) in [4.78, 5) is 23.9. The molecule has 0 unspecified atom stereocenters. The molecule has 2 aliphatic carbocycles. The van der Waals surface area contributed by atoms with Gasteiger partial charge in [-0.15, -0.1) is 0 Å². The molecule has 2 aliphatic rings. The molecule has 0 radical (unpaired) electrons. The van der Waals surface area contributed by atoms with Crippen molar-refractivity contribution in [2.45, 2.75) is 62.9 Å². The fraction of sp³-hybridized carbons (Fsp3) is 0.600. The minimum atomic E-state index is -0.684. The largest absolute Gasteiger partial charge is 0.484 e. The van der Waals surface area contributed by atoms with Crippen molar-refractivity contribution in [3.05, 3.63) is 29.8 Å². The van der Waals surface area contributed by atoms with Gasteiger partial charge in [0.25, 0.3) is 5.91 Å². The number of rotatable bonds is 8. The van der Waals surface area contributed by atoms with Crippen molar-refractivity contribution in [3.63, 3.8) is 0 Å². The Bertz CT molecular complexity index is 620. The average molecular weight is 359 g/mol. The first-order valence-electron chi connectivity index (χ1n) is 9.63. The minimum Gasteiger partial charge on any atom is -0.484 e. The van der Waals surface area contributed by atoms with E-state index in [-0.39, 0.29) is 18.4 Å². The number of benzene rings is 1. The molecule has 1 aromatic carbocycles. The van der Waals surface area contributed by atoms with Crippen LogP contribution in [0, 0.1) is 0 Å². The van der Waals surface area contributed by atoms with E-state index in [2.05, 4.69) is 10.6 Å². The number of amides is 2. The molecule has 0 heterocycles. The second-order valence-corrected chi connectivity index (χ2v) is 7.50. The van der Waals surface area contributed by atoms with Crippen molar-refractivity contribution < 1.29 is 14.3 Å². The lowest BCUT2D eigenvalue weighted by atomic mass is 9.82. The van der Waals surface area contributed by atoms with Gasteiger partial charge in [0.1, 0.15) is 5.75 Å². The van der Waals surface area contributed by atoms with Crippen LogP contribution >= 0.6 is 0 Å². The monoisotopic (exact) mass is 359 g/mol. The van der Waals surface area contributed by atoms with Gasteiger partial charge in [0.15, 0.2) is 6.61 Å². The van der Waals surface area contributed by atoms with Crippen molar-refractivity contribution in [2.24, 2.45) is 5.73 Å². The Hall–Kier alpha value is -2.08. The number of hydrogen-bond donors (Lipinski definition) is 3. The maximum absolute atomic E-state index is 12.3. The Morgan fingerprint density at radius 1 is 1.12 bits per heavy atom. The summed E-state index contributed by atoms with van der Waals surface area (Å²) in [7, 11) is 0. The summed E-state index contributed by atoms with van der Waals surface area (Å²) >= 11 is 0. The van der Waals surface area contributed by atoms with Gasteiger partial charge in [-0.3, -0.25) is 9.59 Å². The van der Waals surface area contributed by atoms with Crippen LogP contribution in [0.2, 0.25) is 0 Å². The number of ether oxygens (including phenoxy) is 1. The predicted octanol–water partition coefficient (Wildman–Crippen LogP) is 1.66. The molecule has 2 saturated carbocycles. The third kappa shape index (κ3) is 5.46. The number of hydrogen-bond acceptors (Lipinski definition) is 4. The highest BCUT2D eigenvalue weighted by Gasteiger charge is 2.34. The van der Waals surface area contributed by atoms with Crippen molar-refractivity contribution in [1.29, 1.82) is 0 Å². The van der Waals surface area contributed by atoms with Gasteiger partial charge < -0.3 is 21.1 Å². The standard InChI is InChI=1S/C20H29N3O3/c21-20(11-2-1-3-12-20)19(25)22-13-10-15-4-8-17(9-5-15)26-14-18(24)23-16-6-7-16/h4-5,8-9,16H,1-3,6-7,10-14,21H2,(H,22,25)(H,23,24). The molecule has 6 nitrogen and oxygen atoms in total. The molecule has 26 heavy (non-hydrogen) atoms. The maximum atomic E-state index is 12.3. The van der Waals surface area contributed by atoms with Crippen LogP contribution in [0.4, 0.5) is 0 Å². The summed E-state index contributed by atoms with van der Waals surface area (Å²) in [5.74, 6) is 0.573. The van der Waals surface area contributed by atoms with Crippen LogP contribution in [0.25, 0.3) is 0 Å². The smallest absolute Gasteiger partial charge is 0.258 e. The lowest BCUT2D eigenvalue weighted by Crippen LogP contribution is -2.55. The highest BCUT2D eigenvalue weighted by Crippen LogP contribution is 2.26. The van der Waals surface area contributed by atoms with E-state index in [4.69, 9.17) is 10.5 Å². The van der Waals surface area contributed by atoms with Gasteiger partial charge in [0, 0.05) is 12.6 Å². The lowest BCUT2D eigenvalue weighted by Gasteiger charge is -2.31. The highest BCUT2D eigenvalue weighted by atomic mass is 16.5. The van der Waals surface area contributed by atoms with Gasteiger partial charge in [-0.1, -0.05) is 31.4 Å². The van der Waals surface area contributed by atoms with Gasteiger partial charge in [-0.05, 0) is 49.8 Å². The Morgan fingerprint density at radius 3 is 2.46 bits per heavy atom. The molecule has 1 aromatic rings. The van der Waals surface area contributed by atoms with E-state index in [0.717, 1.165) is 50.5 Å². The molecule has 0 bridgehead atoms. The quantitative estimate of drug-likeness (QED) is 0.658. The van der Waals surface area contributed by atoms with Crippen LogP contribution in [0.1, 0.15) is 50.5 Å². The van der Waals surface area contributed by atoms with E-state index in [1.807, 2.05) is 24.3 Å².